The minimum absolute atomic E-state index is 0.0216. The molecule has 0 aromatic heterocycles. The maximum atomic E-state index is 13.7. The molecule has 2 rings (SSSR count). The summed E-state index contributed by atoms with van der Waals surface area (Å²) >= 11 is 0. The lowest BCUT2D eigenvalue weighted by Crippen LogP contribution is -2.55. The molecule has 2 aromatic rings. The summed E-state index contributed by atoms with van der Waals surface area (Å²) in [5.41, 5.74) is -0.450. The van der Waals surface area contributed by atoms with Gasteiger partial charge in [-0.2, -0.15) is 30.7 Å². The molecule has 0 saturated carbocycles. The standard InChI is InChI=1S/C16H11F7N2O4S/c1-9-2-4-10(5-3-9)24-12-7-6-11(8-13(12)25(26)27)30(28,29)16(22,23)14(17,18)15(19,20)21/h2-8,24H,1H3. The second kappa shape index (κ2) is 7.41. The Morgan fingerprint density at radius 2 is 1.47 bits per heavy atom. The van der Waals surface area contributed by atoms with E-state index in [9.17, 15) is 49.3 Å². The molecule has 2 aromatic carbocycles. The number of halogens is 7. The number of rotatable bonds is 6. The molecule has 14 heteroatoms. The van der Waals surface area contributed by atoms with Gasteiger partial charge in [0.25, 0.3) is 15.5 Å². The number of benzene rings is 2. The fourth-order valence-corrected chi connectivity index (χ4v) is 3.47. The van der Waals surface area contributed by atoms with E-state index in [2.05, 4.69) is 5.32 Å². The van der Waals surface area contributed by atoms with Crippen LogP contribution >= 0.6 is 0 Å². The minimum atomic E-state index is -6.94. The zero-order valence-electron chi connectivity index (χ0n) is 14.7. The SMILES string of the molecule is Cc1ccc(Nc2ccc(S(=O)(=O)C(F)(F)C(F)(F)C(F)(F)F)cc2[N+](=O)[O-])cc1. The van der Waals surface area contributed by atoms with Gasteiger partial charge in [0, 0.05) is 11.8 Å². The van der Waals surface area contributed by atoms with Crippen molar-refractivity contribution in [1.82, 2.24) is 0 Å². The van der Waals surface area contributed by atoms with Crippen LogP contribution in [0.3, 0.4) is 0 Å². The summed E-state index contributed by atoms with van der Waals surface area (Å²) in [5.74, 6) is -6.94. The summed E-state index contributed by atoms with van der Waals surface area (Å²) in [6.45, 7) is 1.74. The maximum absolute atomic E-state index is 13.7. The lowest BCUT2D eigenvalue weighted by atomic mass is 10.2. The van der Waals surface area contributed by atoms with Gasteiger partial charge in [-0.1, -0.05) is 17.7 Å². The summed E-state index contributed by atoms with van der Waals surface area (Å²) in [6.07, 6.45) is -6.89. The van der Waals surface area contributed by atoms with Gasteiger partial charge < -0.3 is 5.32 Å². The zero-order chi connectivity index (χ0) is 23.1. The quantitative estimate of drug-likeness (QED) is 0.363. The van der Waals surface area contributed by atoms with Crippen molar-refractivity contribution in [2.45, 2.75) is 29.2 Å². The Balaban J connectivity index is 2.56. The van der Waals surface area contributed by atoms with Crippen molar-refractivity contribution in [3.63, 3.8) is 0 Å². The number of alkyl halides is 7. The number of nitro benzene ring substituents is 1. The molecule has 0 amide bonds. The summed E-state index contributed by atoms with van der Waals surface area (Å²) in [7, 11) is -6.67. The van der Waals surface area contributed by atoms with E-state index in [1.165, 1.54) is 12.1 Å². The number of sulfone groups is 1. The molecule has 6 nitrogen and oxygen atoms in total. The maximum Gasteiger partial charge on any atom is 0.461 e. The molecule has 0 spiro atoms. The molecule has 0 unspecified atom stereocenters. The third kappa shape index (κ3) is 3.91. The highest BCUT2D eigenvalue weighted by molar-refractivity contribution is 7.92. The average molecular weight is 460 g/mol. The van der Waals surface area contributed by atoms with E-state index < -0.39 is 48.4 Å². The van der Waals surface area contributed by atoms with Crippen molar-refractivity contribution < 1.29 is 44.1 Å². The smallest absolute Gasteiger partial charge is 0.350 e. The highest BCUT2D eigenvalue weighted by atomic mass is 32.2. The predicted octanol–water partition coefficient (Wildman–Crippen LogP) is 5.21. The van der Waals surface area contributed by atoms with Crippen molar-refractivity contribution in [3.05, 3.63) is 58.1 Å². The Hall–Kier alpha value is -2.90. The van der Waals surface area contributed by atoms with Gasteiger partial charge in [-0.05, 0) is 31.2 Å². The summed E-state index contributed by atoms with van der Waals surface area (Å²) in [5, 5.41) is 7.09. The van der Waals surface area contributed by atoms with Crippen molar-refractivity contribution in [2.24, 2.45) is 0 Å². The topological polar surface area (TPSA) is 89.3 Å². The van der Waals surface area contributed by atoms with Gasteiger partial charge in [0.1, 0.15) is 5.69 Å². The lowest BCUT2D eigenvalue weighted by molar-refractivity contribution is -0.384. The number of hydrogen-bond donors (Lipinski definition) is 1. The monoisotopic (exact) mass is 460 g/mol. The van der Waals surface area contributed by atoms with Crippen LogP contribution in [0.1, 0.15) is 5.56 Å². The molecule has 0 fully saturated rings. The van der Waals surface area contributed by atoms with Crippen LogP contribution in [0.15, 0.2) is 47.4 Å². The van der Waals surface area contributed by atoms with Gasteiger partial charge in [0.2, 0.25) is 0 Å². The molecule has 0 heterocycles. The first-order valence-corrected chi connectivity index (χ1v) is 9.20. The molecule has 0 aliphatic heterocycles. The van der Waals surface area contributed by atoms with Crippen LogP contribution in [0.2, 0.25) is 0 Å². The molecule has 0 radical (unpaired) electrons. The number of hydrogen-bond acceptors (Lipinski definition) is 5. The molecule has 0 atom stereocenters. The third-order valence-corrected chi connectivity index (χ3v) is 5.67. The average Bonchev–Trinajstić information content (AvgIpc) is 2.62. The number of anilines is 2. The van der Waals surface area contributed by atoms with Crippen LogP contribution in [0.5, 0.6) is 0 Å². The fourth-order valence-electron chi connectivity index (χ4n) is 2.21. The van der Waals surface area contributed by atoms with Gasteiger partial charge in [-0.3, -0.25) is 10.1 Å². The Morgan fingerprint density at radius 1 is 0.933 bits per heavy atom. The van der Waals surface area contributed by atoms with Gasteiger partial charge in [0.15, 0.2) is 0 Å². The van der Waals surface area contributed by atoms with Crippen molar-refractivity contribution in [2.75, 3.05) is 5.32 Å². The third-order valence-electron chi connectivity index (χ3n) is 3.87. The van der Waals surface area contributed by atoms with Crippen molar-refractivity contribution in [1.29, 1.82) is 0 Å². The van der Waals surface area contributed by atoms with E-state index >= 15 is 0 Å². The molecule has 0 aliphatic carbocycles. The predicted molar refractivity (Wildman–Crippen MR) is 90.7 cm³/mol. The first-order valence-electron chi connectivity index (χ1n) is 7.71. The second-order valence-electron chi connectivity index (χ2n) is 6.02. The van der Waals surface area contributed by atoms with Crippen LogP contribution in [-0.2, 0) is 9.84 Å². The van der Waals surface area contributed by atoms with Gasteiger partial charge >= 0.3 is 17.4 Å². The Bertz CT molecular complexity index is 1070. The number of nitrogens with one attached hydrogen (secondary N) is 1. The van der Waals surface area contributed by atoms with E-state index in [0.29, 0.717) is 6.07 Å². The first kappa shape index (κ1) is 23.4. The van der Waals surface area contributed by atoms with E-state index in [1.807, 2.05) is 0 Å². The van der Waals surface area contributed by atoms with E-state index in [1.54, 1.807) is 19.1 Å². The molecule has 0 bridgehead atoms. The molecule has 0 aliphatic rings. The second-order valence-corrected chi connectivity index (χ2v) is 8.01. The molecule has 1 N–H and O–H groups in total. The van der Waals surface area contributed by atoms with Gasteiger partial charge in [-0.15, -0.1) is 0 Å². The highest BCUT2D eigenvalue weighted by Gasteiger charge is 2.78. The summed E-state index contributed by atoms with van der Waals surface area (Å²) in [4.78, 5) is 8.21. The summed E-state index contributed by atoms with van der Waals surface area (Å²) in [6, 6.07) is 7.00. The van der Waals surface area contributed by atoms with Crippen LogP contribution in [0, 0.1) is 17.0 Å². The van der Waals surface area contributed by atoms with E-state index in [0.717, 1.165) is 5.56 Å². The van der Waals surface area contributed by atoms with Gasteiger partial charge in [0.05, 0.1) is 9.82 Å². The molecule has 164 valence electrons. The van der Waals surface area contributed by atoms with E-state index in [-0.39, 0.29) is 17.8 Å². The minimum Gasteiger partial charge on any atom is -0.350 e. The Kier molecular flexibility index (Phi) is 5.78. The van der Waals surface area contributed by atoms with Crippen molar-refractivity contribution in [3.8, 4) is 0 Å². The highest BCUT2D eigenvalue weighted by Crippen LogP contribution is 2.51. The summed E-state index contributed by atoms with van der Waals surface area (Å²) < 4.78 is 114. The van der Waals surface area contributed by atoms with Crippen LogP contribution in [-0.4, -0.2) is 30.7 Å². The van der Waals surface area contributed by atoms with E-state index in [4.69, 9.17) is 0 Å². The number of nitro groups is 1. The Labute approximate surface area is 164 Å². The van der Waals surface area contributed by atoms with Crippen LogP contribution in [0.25, 0.3) is 0 Å². The molecular weight excluding hydrogens is 449 g/mol. The molecule has 30 heavy (non-hydrogen) atoms. The Morgan fingerprint density at radius 3 is 1.93 bits per heavy atom. The number of aryl methyl sites for hydroxylation is 1. The van der Waals surface area contributed by atoms with Crippen molar-refractivity contribution >= 4 is 26.9 Å². The van der Waals surface area contributed by atoms with Gasteiger partial charge in [-0.25, -0.2) is 8.42 Å². The lowest BCUT2D eigenvalue weighted by Gasteiger charge is -2.27. The molecular formula is C16H11F7N2O4S. The first-order chi connectivity index (χ1) is 13.5. The number of nitrogens with zero attached hydrogens (tertiary/aromatic N) is 1. The molecule has 0 saturated heterocycles. The zero-order valence-corrected chi connectivity index (χ0v) is 15.5. The van der Waals surface area contributed by atoms with Crippen LogP contribution < -0.4 is 5.32 Å². The fraction of sp³-hybridized carbons (Fsp3) is 0.250. The normalized spacial score (nSPS) is 13.2. The van der Waals surface area contributed by atoms with Crippen LogP contribution in [0.4, 0.5) is 47.8 Å². The largest absolute Gasteiger partial charge is 0.461 e.